The number of hydrogen-bond acceptors (Lipinski definition) is 3. The summed E-state index contributed by atoms with van der Waals surface area (Å²) in [5.74, 6) is 0.386. The Morgan fingerprint density at radius 1 is 1.39 bits per heavy atom. The van der Waals surface area contributed by atoms with Crippen molar-refractivity contribution >= 4 is 17.6 Å². The molecule has 3 amide bonds. The first-order chi connectivity index (χ1) is 8.68. The van der Waals surface area contributed by atoms with Gasteiger partial charge in [-0.2, -0.15) is 0 Å². The normalized spacial score (nSPS) is 27.6. The van der Waals surface area contributed by atoms with Gasteiger partial charge in [-0.05, 0) is 30.9 Å². The smallest absolute Gasteiger partial charge is 0.312 e. The largest absolute Gasteiger partial charge is 0.332 e. The van der Waals surface area contributed by atoms with Crippen LogP contribution in [0.3, 0.4) is 0 Å². The standard InChI is InChI=1S/C13H15N3O2/c1-9-4-6-15-11(7-9)12(17)16(13(15)18)10-3-2-5-14-8-10/h2-3,5,8-9,11H,4,6-7H2,1H3/t9-,11-/m1/s1. The maximum Gasteiger partial charge on any atom is 0.332 e. The number of fused-ring (bicyclic) bond motifs is 1. The number of amides is 3. The predicted molar refractivity (Wildman–Crippen MR) is 66.0 cm³/mol. The van der Waals surface area contributed by atoms with Gasteiger partial charge in [0.05, 0.1) is 11.9 Å². The van der Waals surface area contributed by atoms with Crippen LogP contribution in [0.25, 0.3) is 0 Å². The van der Waals surface area contributed by atoms with E-state index >= 15 is 0 Å². The molecule has 2 aliphatic heterocycles. The third-order valence-electron chi connectivity index (χ3n) is 3.71. The number of pyridine rings is 1. The minimum Gasteiger partial charge on any atom is -0.312 e. The number of rotatable bonds is 1. The Bertz CT molecular complexity index is 488. The molecule has 0 radical (unpaired) electrons. The quantitative estimate of drug-likeness (QED) is 0.707. The Balaban J connectivity index is 1.94. The summed E-state index contributed by atoms with van der Waals surface area (Å²) >= 11 is 0. The fraction of sp³-hybridized carbons (Fsp3) is 0.462. The van der Waals surface area contributed by atoms with Crippen LogP contribution >= 0.6 is 0 Å². The average molecular weight is 245 g/mol. The Morgan fingerprint density at radius 2 is 2.22 bits per heavy atom. The highest BCUT2D eigenvalue weighted by Crippen LogP contribution is 2.32. The molecule has 1 aromatic heterocycles. The van der Waals surface area contributed by atoms with Gasteiger partial charge in [0.2, 0.25) is 0 Å². The highest BCUT2D eigenvalue weighted by molar-refractivity contribution is 6.21. The third kappa shape index (κ3) is 1.58. The van der Waals surface area contributed by atoms with Gasteiger partial charge in [-0.3, -0.25) is 9.78 Å². The number of hydrogen-bond donors (Lipinski definition) is 0. The number of carbonyl (C=O) groups excluding carboxylic acids is 2. The molecule has 0 bridgehead atoms. The van der Waals surface area contributed by atoms with Gasteiger partial charge in [0, 0.05) is 12.7 Å². The molecule has 2 atom stereocenters. The number of imide groups is 1. The van der Waals surface area contributed by atoms with E-state index in [1.807, 2.05) is 0 Å². The molecule has 2 saturated heterocycles. The summed E-state index contributed by atoms with van der Waals surface area (Å²) in [4.78, 5) is 31.5. The lowest BCUT2D eigenvalue weighted by atomic mass is 9.93. The first-order valence-corrected chi connectivity index (χ1v) is 6.23. The molecule has 2 fully saturated rings. The van der Waals surface area contributed by atoms with E-state index in [1.54, 1.807) is 29.4 Å². The fourth-order valence-electron chi connectivity index (χ4n) is 2.70. The molecule has 2 aliphatic rings. The molecule has 0 aliphatic carbocycles. The first kappa shape index (κ1) is 11.2. The van der Waals surface area contributed by atoms with Gasteiger partial charge in [0.25, 0.3) is 5.91 Å². The monoisotopic (exact) mass is 245 g/mol. The van der Waals surface area contributed by atoms with E-state index in [2.05, 4.69) is 11.9 Å². The number of nitrogens with zero attached hydrogens (tertiary/aromatic N) is 3. The molecule has 3 heterocycles. The molecule has 0 unspecified atom stereocenters. The topological polar surface area (TPSA) is 53.5 Å². The summed E-state index contributed by atoms with van der Waals surface area (Å²) in [6, 6.07) is 2.99. The van der Waals surface area contributed by atoms with Gasteiger partial charge in [-0.1, -0.05) is 6.92 Å². The van der Waals surface area contributed by atoms with Crippen LogP contribution < -0.4 is 4.90 Å². The lowest BCUT2D eigenvalue weighted by molar-refractivity contribution is -0.120. The molecular formula is C13H15N3O2. The maximum absolute atomic E-state index is 12.3. The maximum atomic E-state index is 12.3. The van der Waals surface area contributed by atoms with Crippen LogP contribution in [0.4, 0.5) is 10.5 Å². The minimum absolute atomic E-state index is 0.112. The van der Waals surface area contributed by atoms with Gasteiger partial charge in [-0.25, -0.2) is 9.69 Å². The second-order valence-corrected chi connectivity index (χ2v) is 5.01. The molecule has 18 heavy (non-hydrogen) atoms. The summed E-state index contributed by atoms with van der Waals surface area (Å²) in [6.07, 6.45) is 4.92. The molecule has 5 heteroatoms. The molecule has 0 spiro atoms. The van der Waals surface area contributed by atoms with Crippen LogP contribution in [0.2, 0.25) is 0 Å². The van der Waals surface area contributed by atoms with E-state index in [0.29, 0.717) is 18.2 Å². The van der Waals surface area contributed by atoms with Crippen molar-refractivity contribution in [2.45, 2.75) is 25.8 Å². The highest BCUT2D eigenvalue weighted by Gasteiger charge is 2.47. The van der Waals surface area contributed by atoms with Crippen LogP contribution in [-0.4, -0.2) is 34.4 Å². The molecule has 0 aromatic carbocycles. The summed E-state index contributed by atoms with van der Waals surface area (Å²) in [5, 5.41) is 0. The average Bonchev–Trinajstić information content (AvgIpc) is 2.63. The van der Waals surface area contributed by atoms with E-state index in [9.17, 15) is 9.59 Å². The zero-order valence-corrected chi connectivity index (χ0v) is 10.2. The molecule has 0 saturated carbocycles. The van der Waals surface area contributed by atoms with Crippen LogP contribution in [0, 0.1) is 5.92 Å². The highest BCUT2D eigenvalue weighted by atomic mass is 16.2. The third-order valence-corrected chi connectivity index (χ3v) is 3.71. The Hall–Kier alpha value is -1.91. The lowest BCUT2D eigenvalue weighted by Gasteiger charge is -2.30. The molecular weight excluding hydrogens is 230 g/mol. The van der Waals surface area contributed by atoms with Crippen molar-refractivity contribution in [3.63, 3.8) is 0 Å². The second kappa shape index (κ2) is 4.08. The molecule has 3 rings (SSSR count). The van der Waals surface area contributed by atoms with Crippen molar-refractivity contribution in [3.05, 3.63) is 24.5 Å². The Labute approximate surface area is 105 Å². The van der Waals surface area contributed by atoms with Crippen LogP contribution in [0.5, 0.6) is 0 Å². The Morgan fingerprint density at radius 3 is 2.94 bits per heavy atom. The van der Waals surface area contributed by atoms with Crippen molar-refractivity contribution in [2.75, 3.05) is 11.4 Å². The van der Waals surface area contributed by atoms with Crippen LogP contribution in [0.1, 0.15) is 19.8 Å². The van der Waals surface area contributed by atoms with Crippen molar-refractivity contribution in [1.29, 1.82) is 0 Å². The Kier molecular flexibility index (Phi) is 2.54. The van der Waals surface area contributed by atoms with E-state index < -0.39 is 0 Å². The predicted octanol–water partition coefficient (Wildman–Crippen LogP) is 1.65. The number of anilines is 1. The fourth-order valence-corrected chi connectivity index (χ4v) is 2.70. The molecule has 0 N–H and O–H groups in total. The minimum atomic E-state index is -0.276. The van der Waals surface area contributed by atoms with Gasteiger partial charge < -0.3 is 4.90 Å². The number of urea groups is 1. The number of carbonyl (C=O) groups is 2. The van der Waals surface area contributed by atoms with Crippen molar-refractivity contribution < 1.29 is 9.59 Å². The van der Waals surface area contributed by atoms with Crippen molar-refractivity contribution in [2.24, 2.45) is 5.92 Å². The lowest BCUT2D eigenvalue weighted by Crippen LogP contribution is -2.41. The van der Waals surface area contributed by atoms with Gasteiger partial charge in [-0.15, -0.1) is 0 Å². The van der Waals surface area contributed by atoms with Gasteiger partial charge >= 0.3 is 6.03 Å². The summed E-state index contributed by atoms with van der Waals surface area (Å²) < 4.78 is 0. The summed E-state index contributed by atoms with van der Waals surface area (Å²) in [5.41, 5.74) is 0.564. The molecule has 1 aromatic rings. The van der Waals surface area contributed by atoms with E-state index in [0.717, 1.165) is 12.8 Å². The molecule has 5 nitrogen and oxygen atoms in total. The zero-order valence-electron chi connectivity index (χ0n) is 10.2. The second-order valence-electron chi connectivity index (χ2n) is 5.01. The van der Waals surface area contributed by atoms with Gasteiger partial charge in [0.1, 0.15) is 6.04 Å². The SMILES string of the molecule is C[C@@H]1CCN2C(=O)N(c3cccnc3)C(=O)[C@H]2C1. The van der Waals surface area contributed by atoms with Crippen molar-refractivity contribution in [3.8, 4) is 0 Å². The van der Waals surface area contributed by atoms with Gasteiger partial charge in [0.15, 0.2) is 0 Å². The van der Waals surface area contributed by atoms with Crippen LogP contribution in [-0.2, 0) is 4.79 Å². The zero-order chi connectivity index (χ0) is 12.7. The number of aromatic nitrogens is 1. The van der Waals surface area contributed by atoms with E-state index in [1.165, 1.54) is 4.90 Å². The van der Waals surface area contributed by atoms with E-state index in [-0.39, 0.29) is 18.0 Å². The van der Waals surface area contributed by atoms with E-state index in [4.69, 9.17) is 0 Å². The van der Waals surface area contributed by atoms with Crippen molar-refractivity contribution in [1.82, 2.24) is 9.88 Å². The molecule has 94 valence electrons. The first-order valence-electron chi connectivity index (χ1n) is 6.23. The summed E-state index contributed by atoms with van der Waals surface area (Å²) in [6.45, 7) is 2.80. The number of piperidine rings is 1. The van der Waals surface area contributed by atoms with Crippen LogP contribution in [0.15, 0.2) is 24.5 Å². The summed E-state index contributed by atoms with van der Waals surface area (Å²) in [7, 11) is 0.